The highest BCUT2D eigenvalue weighted by molar-refractivity contribution is 6.06. The average Bonchev–Trinajstić information content (AvgIpc) is 2.79. The van der Waals surface area contributed by atoms with Gasteiger partial charge < -0.3 is 10.5 Å². The fourth-order valence-electron chi connectivity index (χ4n) is 4.05. The second-order valence-electron chi connectivity index (χ2n) is 8.04. The molecule has 0 atom stereocenters. The van der Waals surface area contributed by atoms with Crippen molar-refractivity contribution in [2.45, 2.75) is 44.2 Å². The number of hydrogen-bond donors (Lipinski definition) is 2. The maximum absolute atomic E-state index is 12.5. The lowest BCUT2D eigenvalue weighted by atomic mass is 9.77. The number of halogens is 3. The molecule has 0 aromatic heterocycles. The molecule has 3 rings (SSSR count). The van der Waals surface area contributed by atoms with E-state index in [-0.39, 0.29) is 11.8 Å². The first-order chi connectivity index (χ1) is 15.2. The first-order valence-electron chi connectivity index (χ1n) is 10.4. The zero-order chi connectivity index (χ0) is 23.3. The van der Waals surface area contributed by atoms with Gasteiger partial charge in [-0.1, -0.05) is 48.5 Å². The van der Waals surface area contributed by atoms with E-state index < -0.39 is 12.0 Å². The van der Waals surface area contributed by atoms with E-state index >= 15 is 0 Å². The number of amidine groups is 2. The molecule has 3 N–H and O–H groups in total. The summed E-state index contributed by atoms with van der Waals surface area (Å²) in [5, 5.41) is 6.94. The molecular formula is C24H26F3N3O2. The highest BCUT2D eigenvalue weighted by atomic mass is 19.4. The molecule has 0 aliphatic heterocycles. The van der Waals surface area contributed by atoms with Gasteiger partial charge in [-0.3, -0.25) is 10.2 Å². The van der Waals surface area contributed by atoms with Gasteiger partial charge in [0.1, 0.15) is 5.84 Å². The molecule has 0 amide bonds. The van der Waals surface area contributed by atoms with E-state index in [0.717, 1.165) is 36.8 Å². The summed E-state index contributed by atoms with van der Waals surface area (Å²) in [6.07, 6.45) is -0.227. The van der Waals surface area contributed by atoms with Crippen molar-refractivity contribution in [1.82, 2.24) is 0 Å². The summed E-state index contributed by atoms with van der Waals surface area (Å²) < 4.78 is 42.1. The molecule has 1 aliphatic rings. The quantitative estimate of drug-likeness (QED) is 0.365. The number of carbonyl (C=O) groups is 1. The summed E-state index contributed by atoms with van der Waals surface area (Å²) in [7, 11) is 1.42. The third-order valence-electron chi connectivity index (χ3n) is 5.93. The van der Waals surface area contributed by atoms with Gasteiger partial charge in [-0.15, -0.1) is 0 Å². The van der Waals surface area contributed by atoms with Crippen LogP contribution in [0.25, 0.3) is 11.1 Å². The molecule has 1 saturated carbocycles. The van der Waals surface area contributed by atoms with Crippen molar-refractivity contribution in [2.75, 3.05) is 7.11 Å². The number of esters is 1. The van der Waals surface area contributed by atoms with E-state index in [1.807, 2.05) is 12.1 Å². The summed E-state index contributed by atoms with van der Waals surface area (Å²) >= 11 is 0. The fraction of sp³-hybridized carbons (Fsp3) is 0.375. The smallest absolute Gasteiger partial charge is 0.451 e. The molecule has 1 fully saturated rings. The number of carbonyl (C=O) groups excluding carboxylic acids is 1. The zero-order valence-electron chi connectivity index (χ0n) is 17.8. The Morgan fingerprint density at radius 1 is 1.03 bits per heavy atom. The van der Waals surface area contributed by atoms with Crippen LogP contribution in [0, 0.1) is 11.3 Å². The molecule has 8 heteroatoms. The Morgan fingerprint density at radius 2 is 1.56 bits per heavy atom. The SMILES string of the molecule is COC(=O)CC1CCC(c2ccc(-c3ccc(/C(N)=N/C(=N)C(F)(F)F)cc3)cc2)CC1. The Kier molecular flexibility index (Phi) is 7.33. The van der Waals surface area contributed by atoms with E-state index in [4.69, 9.17) is 15.9 Å². The number of aliphatic imine (C=N–C) groups is 1. The van der Waals surface area contributed by atoms with Gasteiger partial charge in [0.05, 0.1) is 7.11 Å². The van der Waals surface area contributed by atoms with Crippen LogP contribution in [0.2, 0.25) is 0 Å². The molecule has 170 valence electrons. The monoisotopic (exact) mass is 445 g/mol. The van der Waals surface area contributed by atoms with E-state index in [1.54, 1.807) is 24.3 Å². The summed E-state index contributed by atoms with van der Waals surface area (Å²) in [5.74, 6) is -1.35. The molecule has 0 spiro atoms. The molecule has 0 bridgehead atoms. The largest absolute Gasteiger partial charge is 0.469 e. The van der Waals surface area contributed by atoms with Crippen LogP contribution in [0.5, 0.6) is 0 Å². The van der Waals surface area contributed by atoms with Gasteiger partial charge in [-0.2, -0.15) is 13.2 Å². The van der Waals surface area contributed by atoms with Gasteiger partial charge >= 0.3 is 12.1 Å². The van der Waals surface area contributed by atoms with Crippen LogP contribution in [0.3, 0.4) is 0 Å². The Bertz CT molecular complexity index is 975. The lowest BCUT2D eigenvalue weighted by Crippen LogP contribution is -2.24. The first-order valence-corrected chi connectivity index (χ1v) is 10.4. The fourth-order valence-corrected chi connectivity index (χ4v) is 4.05. The number of rotatable bonds is 5. The highest BCUT2D eigenvalue weighted by Crippen LogP contribution is 2.37. The topological polar surface area (TPSA) is 88.5 Å². The molecular weight excluding hydrogens is 419 g/mol. The highest BCUT2D eigenvalue weighted by Gasteiger charge is 2.34. The minimum absolute atomic E-state index is 0.143. The van der Waals surface area contributed by atoms with Crippen LogP contribution in [-0.2, 0) is 9.53 Å². The lowest BCUT2D eigenvalue weighted by Gasteiger charge is -2.28. The van der Waals surface area contributed by atoms with E-state index in [1.165, 1.54) is 12.7 Å². The molecule has 2 aromatic rings. The Balaban J connectivity index is 1.62. The summed E-state index contributed by atoms with van der Waals surface area (Å²) in [5.41, 5.74) is 9.09. The summed E-state index contributed by atoms with van der Waals surface area (Å²) in [6, 6.07) is 15.0. The number of nitrogens with two attached hydrogens (primary N) is 1. The van der Waals surface area contributed by atoms with Gasteiger partial charge in [0.25, 0.3) is 0 Å². The average molecular weight is 445 g/mol. The van der Waals surface area contributed by atoms with Gasteiger partial charge in [0.15, 0.2) is 0 Å². The van der Waals surface area contributed by atoms with Gasteiger partial charge in [0, 0.05) is 12.0 Å². The number of alkyl halides is 3. The zero-order valence-corrected chi connectivity index (χ0v) is 17.8. The number of methoxy groups -OCH3 is 1. The molecule has 0 radical (unpaired) electrons. The predicted octanol–water partition coefficient (Wildman–Crippen LogP) is 5.44. The summed E-state index contributed by atoms with van der Waals surface area (Å²) in [6.45, 7) is 0. The van der Waals surface area contributed by atoms with Crippen molar-refractivity contribution < 1.29 is 22.7 Å². The van der Waals surface area contributed by atoms with E-state index in [2.05, 4.69) is 17.1 Å². The van der Waals surface area contributed by atoms with Crippen LogP contribution < -0.4 is 5.73 Å². The maximum Gasteiger partial charge on any atom is 0.451 e. The van der Waals surface area contributed by atoms with Crippen LogP contribution in [0.1, 0.15) is 49.1 Å². The minimum Gasteiger partial charge on any atom is -0.469 e. The third kappa shape index (κ3) is 5.96. The molecule has 5 nitrogen and oxygen atoms in total. The molecule has 0 heterocycles. The summed E-state index contributed by atoms with van der Waals surface area (Å²) in [4.78, 5) is 14.6. The number of ether oxygens (including phenoxy) is 1. The standard InChI is InChI=1S/C24H26F3N3O2/c1-32-21(31)14-15-2-4-16(5-3-15)17-6-8-18(9-7-17)19-10-12-20(13-11-19)22(28)30-23(29)24(25,26)27/h6-13,15-16H,2-5,14H2,1H3,(H3,28,29,30). The Labute approximate surface area is 185 Å². The van der Waals surface area contributed by atoms with Crippen molar-refractivity contribution in [3.63, 3.8) is 0 Å². The molecule has 0 unspecified atom stereocenters. The van der Waals surface area contributed by atoms with Gasteiger partial charge in [0.2, 0.25) is 5.84 Å². The molecule has 1 aliphatic carbocycles. The number of nitrogens with zero attached hydrogens (tertiary/aromatic N) is 1. The van der Waals surface area contributed by atoms with Crippen LogP contribution in [-0.4, -0.2) is 30.9 Å². The van der Waals surface area contributed by atoms with Gasteiger partial charge in [-0.25, -0.2) is 4.99 Å². The number of hydrogen-bond acceptors (Lipinski definition) is 3. The normalized spacial score (nSPS) is 19.4. The Morgan fingerprint density at radius 3 is 2.06 bits per heavy atom. The van der Waals surface area contributed by atoms with E-state index in [0.29, 0.717) is 23.8 Å². The maximum atomic E-state index is 12.5. The van der Waals surface area contributed by atoms with Crippen LogP contribution in [0.4, 0.5) is 13.2 Å². The van der Waals surface area contributed by atoms with Crippen LogP contribution in [0.15, 0.2) is 53.5 Å². The first kappa shape index (κ1) is 23.5. The molecule has 32 heavy (non-hydrogen) atoms. The van der Waals surface area contributed by atoms with Crippen molar-refractivity contribution >= 4 is 17.6 Å². The van der Waals surface area contributed by atoms with Crippen molar-refractivity contribution in [1.29, 1.82) is 5.41 Å². The van der Waals surface area contributed by atoms with Crippen LogP contribution >= 0.6 is 0 Å². The number of nitrogens with one attached hydrogen (secondary N) is 1. The van der Waals surface area contributed by atoms with Crippen molar-refractivity contribution in [3.05, 3.63) is 59.7 Å². The van der Waals surface area contributed by atoms with Crippen molar-refractivity contribution in [3.8, 4) is 11.1 Å². The lowest BCUT2D eigenvalue weighted by molar-refractivity contribution is -0.142. The second kappa shape index (κ2) is 9.97. The Hall–Kier alpha value is -3.16. The molecule has 0 saturated heterocycles. The van der Waals surface area contributed by atoms with Crippen molar-refractivity contribution in [2.24, 2.45) is 16.6 Å². The number of benzene rings is 2. The third-order valence-corrected chi connectivity index (χ3v) is 5.93. The second-order valence-corrected chi connectivity index (χ2v) is 8.04. The predicted molar refractivity (Wildman–Crippen MR) is 118 cm³/mol. The van der Waals surface area contributed by atoms with E-state index in [9.17, 15) is 18.0 Å². The minimum atomic E-state index is -4.83. The van der Waals surface area contributed by atoms with Gasteiger partial charge in [-0.05, 0) is 54.2 Å². The molecule has 2 aromatic carbocycles.